The van der Waals surface area contributed by atoms with Crippen molar-refractivity contribution in [1.29, 1.82) is 0 Å². The molecule has 0 radical (unpaired) electrons. The van der Waals surface area contributed by atoms with Crippen LogP contribution in [0.4, 0.5) is 0 Å². The van der Waals surface area contributed by atoms with Gasteiger partial charge in [-0.05, 0) is 19.8 Å². The maximum absolute atomic E-state index is 11.1. The van der Waals surface area contributed by atoms with Crippen LogP contribution in [0.3, 0.4) is 0 Å². The molecule has 0 aliphatic heterocycles. The van der Waals surface area contributed by atoms with Crippen molar-refractivity contribution in [1.82, 2.24) is 0 Å². The maximum atomic E-state index is 11.1. The summed E-state index contributed by atoms with van der Waals surface area (Å²) in [6, 6.07) is 0. The van der Waals surface area contributed by atoms with Crippen molar-refractivity contribution in [2.24, 2.45) is 0 Å². The van der Waals surface area contributed by atoms with Crippen LogP contribution in [0.5, 0.6) is 0 Å². The average molecular weight is 216 g/mol. The van der Waals surface area contributed by atoms with Crippen LogP contribution in [0, 0.1) is 0 Å². The van der Waals surface area contributed by atoms with E-state index in [-0.39, 0.29) is 24.6 Å². The Morgan fingerprint density at radius 2 is 1.60 bits per heavy atom. The Morgan fingerprint density at radius 3 is 2.13 bits per heavy atom. The molecule has 0 aromatic rings. The summed E-state index contributed by atoms with van der Waals surface area (Å²) in [7, 11) is 0. The van der Waals surface area contributed by atoms with Crippen LogP contribution >= 0.6 is 0 Å². The molecule has 0 aliphatic rings. The molecule has 0 aromatic heterocycles. The van der Waals surface area contributed by atoms with Crippen LogP contribution in [0.15, 0.2) is 0 Å². The zero-order valence-corrected chi connectivity index (χ0v) is 9.75. The molecule has 0 rings (SSSR count). The van der Waals surface area contributed by atoms with E-state index in [1.807, 2.05) is 13.8 Å². The molecular weight excluding hydrogens is 196 g/mol. The highest BCUT2D eigenvalue weighted by Gasteiger charge is 2.10. The summed E-state index contributed by atoms with van der Waals surface area (Å²) in [4.78, 5) is 22.1. The molecule has 0 N–H and O–H groups in total. The molecular formula is C11H20O4. The van der Waals surface area contributed by atoms with Crippen molar-refractivity contribution in [2.45, 2.75) is 52.6 Å². The van der Waals surface area contributed by atoms with Crippen molar-refractivity contribution in [2.75, 3.05) is 6.61 Å². The molecule has 1 atom stereocenters. The quantitative estimate of drug-likeness (QED) is 0.611. The molecule has 15 heavy (non-hydrogen) atoms. The summed E-state index contributed by atoms with van der Waals surface area (Å²) in [6.07, 6.45) is 2.00. The first-order chi connectivity index (χ1) is 7.10. The van der Waals surface area contributed by atoms with Crippen LogP contribution in [-0.2, 0) is 19.1 Å². The number of esters is 2. The Hall–Kier alpha value is -1.06. The SMILES string of the molecule is CCCC(=O)OCC(C)OC(=O)CCC. The normalized spacial score (nSPS) is 11.9. The fraction of sp³-hybridized carbons (Fsp3) is 0.818. The molecule has 4 heteroatoms. The van der Waals surface area contributed by atoms with Crippen LogP contribution in [0.2, 0.25) is 0 Å². The molecule has 0 aromatic carbocycles. The number of ether oxygens (including phenoxy) is 2. The lowest BCUT2D eigenvalue weighted by atomic mass is 10.3. The molecule has 1 unspecified atom stereocenters. The van der Waals surface area contributed by atoms with Gasteiger partial charge in [-0.15, -0.1) is 0 Å². The fourth-order valence-electron chi connectivity index (χ4n) is 1.01. The van der Waals surface area contributed by atoms with Crippen molar-refractivity contribution >= 4 is 11.9 Å². The first-order valence-electron chi connectivity index (χ1n) is 5.45. The predicted octanol–water partition coefficient (Wildman–Crippen LogP) is 2.06. The van der Waals surface area contributed by atoms with Crippen molar-refractivity contribution in [3.05, 3.63) is 0 Å². The van der Waals surface area contributed by atoms with Gasteiger partial charge in [-0.3, -0.25) is 9.59 Å². The Morgan fingerprint density at radius 1 is 1.07 bits per heavy atom. The lowest BCUT2D eigenvalue weighted by Gasteiger charge is -2.13. The number of carbonyl (C=O) groups excluding carboxylic acids is 2. The van der Waals surface area contributed by atoms with Gasteiger partial charge in [-0.25, -0.2) is 0 Å². The summed E-state index contributed by atoms with van der Waals surface area (Å²) in [6.45, 7) is 5.68. The summed E-state index contributed by atoms with van der Waals surface area (Å²) >= 11 is 0. The lowest BCUT2D eigenvalue weighted by molar-refractivity contribution is -0.158. The molecule has 88 valence electrons. The van der Waals surface area contributed by atoms with E-state index in [1.165, 1.54) is 0 Å². The molecule has 0 fully saturated rings. The van der Waals surface area contributed by atoms with Gasteiger partial charge in [0.1, 0.15) is 12.7 Å². The molecule has 4 nitrogen and oxygen atoms in total. The number of rotatable bonds is 7. The van der Waals surface area contributed by atoms with Gasteiger partial charge in [-0.1, -0.05) is 13.8 Å². The largest absolute Gasteiger partial charge is 0.462 e. The maximum Gasteiger partial charge on any atom is 0.306 e. The van der Waals surface area contributed by atoms with Gasteiger partial charge in [0, 0.05) is 12.8 Å². The molecule has 0 amide bonds. The predicted molar refractivity (Wildman–Crippen MR) is 56.3 cm³/mol. The van der Waals surface area contributed by atoms with Gasteiger partial charge >= 0.3 is 11.9 Å². The second-order valence-electron chi connectivity index (χ2n) is 3.48. The smallest absolute Gasteiger partial charge is 0.306 e. The Balaban J connectivity index is 3.60. The second-order valence-corrected chi connectivity index (χ2v) is 3.48. The molecule has 0 saturated heterocycles. The minimum absolute atomic E-state index is 0.147. The molecule has 0 saturated carbocycles. The first-order valence-corrected chi connectivity index (χ1v) is 5.45. The highest BCUT2D eigenvalue weighted by Crippen LogP contribution is 1.99. The third kappa shape index (κ3) is 7.97. The highest BCUT2D eigenvalue weighted by molar-refractivity contribution is 5.70. The van der Waals surface area contributed by atoms with Crippen LogP contribution in [0.25, 0.3) is 0 Å². The van der Waals surface area contributed by atoms with E-state index in [9.17, 15) is 9.59 Å². The van der Waals surface area contributed by atoms with E-state index in [0.29, 0.717) is 12.8 Å². The minimum Gasteiger partial charge on any atom is -0.462 e. The Labute approximate surface area is 90.9 Å². The monoisotopic (exact) mass is 216 g/mol. The van der Waals surface area contributed by atoms with E-state index in [0.717, 1.165) is 12.8 Å². The van der Waals surface area contributed by atoms with Gasteiger partial charge in [0.05, 0.1) is 0 Å². The third-order valence-corrected chi connectivity index (χ3v) is 1.72. The van der Waals surface area contributed by atoms with Gasteiger partial charge < -0.3 is 9.47 Å². The van der Waals surface area contributed by atoms with Crippen LogP contribution < -0.4 is 0 Å². The molecule has 0 bridgehead atoms. The minimum atomic E-state index is -0.357. The zero-order valence-electron chi connectivity index (χ0n) is 9.75. The van der Waals surface area contributed by atoms with Crippen molar-refractivity contribution < 1.29 is 19.1 Å². The Bertz CT molecular complexity index is 201. The topological polar surface area (TPSA) is 52.6 Å². The van der Waals surface area contributed by atoms with Gasteiger partial charge in [0.25, 0.3) is 0 Å². The van der Waals surface area contributed by atoms with Crippen molar-refractivity contribution in [3.63, 3.8) is 0 Å². The van der Waals surface area contributed by atoms with Crippen molar-refractivity contribution in [3.8, 4) is 0 Å². The lowest BCUT2D eigenvalue weighted by Crippen LogP contribution is -2.22. The first kappa shape index (κ1) is 13.9. The van der Waals surface area contributed by atoms with E-state index < -0.39 is 0 Å². The van der Waals surface area contributed by atoms with Gasteiger partial charge in [-0.2, -0.15) is 0 Å². The van der Waals surface area contributed by atoms with Crippen LogP contribution in [-0.4, -0.2) is 24.6 Å². The number of hydrogen-bond donors (Lipinski definition) is 0. The summed E-state index contributed by atoms with van der Waals surface area (Å²) < 4.78 is 9.91. The van der Waals surface area contributed by atoms with E-state index >= 15 is 0 Å². The van der Waals surface area contributed by atoms with E-state index in [2.05, 4.69) is 0 Å². The second kappa shape index (κ2) is 8.26. The third-order valence-electron chi connectivity index (χ3n) is 1.72. The van der Waals surface area contributed by atoms with Gasteiger partial charge in [0.2, 0.25) is 0 Å². The standard InChI is InChI=1S/C11H20O4/c1-4-6-10(12)14-8-9(3)15-11(13)7-5-2/h9H,4-8H2,1-3H3. The molecule has 0 aliphatic carbocycles. The zero-order chi connectivity index (χ0) is 11.7. The summed E-state index contributed by atoms with van der Waals surface area (Å²) in [5.74, 6) is -0.479. The number of hydrogen-bond acceptors (Lipinski definition) is 4. The summed E-state index contributed by atoms with van der Waals surface area (Å²) in [5.41, 5.74) is 0. The highest BCUT2D eigenvalue weighted by atomic mass is 16.6. The van der Waals surface area contributed by atoms with Crippen LogP contribution in [0.1, 0.15) is 46.5 Å². The average Bonchev–Trinajstić information content (AvgIpc) is 2.15. The molecule has 0 heterocycles. The number of carbonyl (C=O) groups is 2. The van der Waals surface area contributed by atoms with Gasteiger partial charge in [0.15, 0.2) is 0 Å². The van der Waals surface area contributed by atoms with E-state index in [4.69, 9.17) is 9.47 Å². The summed E-state index contributed by atoms with van der Waals surface area (Å²) in [5, 5.41) is 0. The fourth-order valence-corrected chi connectivity index (χ4v) is 1.01. The Kier molecular flexibility index (Phi) is 7.68. The van der Waals surface area contributed by atoms with E-state index in [1.54, 1.807) is 6.92 Å². The molecule has 0 spiro atoms.